The van der Waals surface area contributed by atoms with Crippen LogP contribution in [0, 0.1) is 0 Å². The number of rotatable bonds is 3. The molecule has 5 nitrogen and oxygen atoms in total. The highest BCUT2D eigenvalue weighted by Crippen LogP contribution is 2.32. The van der Waals surface area contributed by atoms with Gasteiger partial charge in [-0.2, -0.15) is 0 Å². The average molecular weight is 283 g/mol. The fourth-order valence-corrected chi connectivity index (χ4v) is 2.01. The number of esters is 1. The van der Waals surface area contributed by atoms with E-state index in [2.05, 4.69) is 4.99 Å². The van der Waals surface area contributed by atoms with Crippen LogP contribution >= 0.6 is 0 Å². The molecule has 0 aromatic heterocycles. The second kappa shape index (κ2) is 5.66. The van der Waals surface area contributed by atoms with Crippen molar-refractivity contribution in [2.75, 3.05) is 13.9 Å². The maximum Gasteiger partial charge on any atom is 0.340 e. The summed E-state index contributed by atoms with van der Waals surface area (Å²) in [6, 6.07) is 12.6. The first-order valence-electron chi connectivity index (χ1n) is 6.39. The van der Waals surface area contributed by atoms with Crippen molar-refractivity contribution in [2.24, 2.45) is 4.99 Å². The van der Waals surface area contributed by atoms with Gasteiger partial charge in [0.15, 0.2) is 11.5 Å². The number of carbonyl (C=O) groups is 1. The molecule has 5 heteroatoms. The van der Waals surface area contributed by atoms with Gasteiger partial charge in [-0.25, -0.2) is 4.79 Å². The Kier molecular flexibility index (Phi) is 3.55. The highest BCUT2D eigenvalue weighted by Gasteiger charge is 2.13. The molecule has 3 rings (SSSR count). The SMILES string of the molecule is COC(=O)c1ccccc1N=Cc1ccc2c(c1)OCO2. The van der Waals surface area contributed by atoms with Crippen molar-refractivity contribution in [2.45, 2.75) is 0 Å². The molecule has 0 bridgehead atoms. The first-order chi connectivity index (χ1) is 10.3. The standard InChI is InChI=1S/C16H13NO4/c1-19-16(18)12-4-2-3-5-13(12)17-9-11-6-7-14-15(8-11)21-10-20-14/h2-9H,10H2,1H3. The number of benzene rings is 2. The minimum atomic E-state index is -0.409. The van der Waals surface area contributed by atoms with E-state index in [0.717, 1.165) is 11.3 Å². The molecule has 0 spiro atoms. The van der Waals surface area contributed by atoms with Crippen LogP contribution in [0.25, 0.3) is 0 Å². The van der Waals surface area contributed by atoms with Crippen molar-refractivity contribution in [3.8, 4) is 11.5 Å². The lowest BCUT2D eigenvalue weighted by molar-refractivity contribution is 0.0601. The van der Waals surface area contributed by atoms with Crippen LogP contribution < -0.4 is 9.47 Å². The number of hydrogen-bond donors (Lipinski definition) is 0. The zero-order chi connectivity index (χ0) is 14.7. The summed E-state index contributed by atoms with van der Waals surface area (Å²) in [6.07, 6.45) is 1.67. The third-order valence-electron chi connectivity index (χ3n) is 3.06. The first kappa shape index (κ1) is 13.2. The number of hydrogen-bond acceptors (Lipinski definition) is 5. The van der Waals surface area contributed by atoms with E-state index in [-0.39, 0.29) is 6.79 Å². The first-order valence-corrected chi connectivity index (χ1v) is 6.39. The quantitative estimate of drug-likeness (QED) is 0.642. The smallest absolute Gasteiger partial charge is 0.340 e. The van der Waals surface area contributed by atoms with Crippen LogP contribution in [0.5, 0.6) is 11.5 Å². The molecule has 1 aliphatic rings. The summed E-state index contributed by atoms with van der Waals surface area (Å²) < 4.78 is 15.3. The molecule has 106 valence electrons. The van der Waals surface area contributed by atoms with Gasteiger partial charge in [-0.15, -0.1) is 0 Å². The van der Waals surface area contributed by atoms with Gasteiger partial charge in [-0.1, -0.05) is 12.1 Å². The average Bonchev–Trinajstić information content (AvgIpc) is 3.00. The van der Waals surface area contributed by atoms with Crippen LogP contribution in [0.15, 0.2) is 47.5 Å². The van der Waals surface area contributed by atoms with E-state index in [0.29, 0.717) is 17.0 Å². The number of methoxy groups -OCH3 is 1. The van der Waals surface area contributed by atoms with Gasteiger partial charge >= 0.3 is 5.97 Å². The van der Waals surface area contributed by atoms with Crippen LogP contribution in [0.4, 0.5) is 5.69 Å². The predicted molar refractivity (Wildman–Crippen MR) is 77.6 cm³/mol. The minimum Gasteiger partial charge on any atom is -0.465 e. The van der Waals surface area contributed by atoms with Gasteiger partial charge in [0.25, 0.3) is 0 Å². The second-order valence-corrected chi connectivity index (χ2v) is 4.38. The molecular formula is C16H13NO4. The zero-order valence-corrected chi connectivity index (χ0v) is 11.4. The van der Waals surface area contributed by atoms with E-state index < -0.39 is 5.97 Å². The van der Waals surface area contributed by atoms with Crippen molar-refractivity contribution in [3.63, 3.8) is 0 Å². The van der Waals surface area contributed by atoms with Gasteiger partial charge in [0.1, 0.15) is 0 Å². The zero-order valence-electron chi connectivity index (χ0n) is 11.4. The molecule has 0 atom stereocenters. The van der Waals surface area contributed by atoms with E-state index in [1.54, 1.807) is 24.4 Å². The summed E-state index contributed by atoms with van der Waals surface area (Å²) in [4.78, 5) is 16.0. The molecule has 2 aromatic carbocycles. The lowest BCUT2D eigenvalue weighted by atomic mass is 10.2. The number of carbonyl (C=O) groups excluding carboxylic acids is 1. The molecule has 1 aliphatic heterocycles. The predicted octanol–water partition coefficient (Wildman–Crippen LogP) is 2.95. The van der Waals surface area contributed by atoms with Crippen LogP contribution in [0.2, 0.25) is 0 Å². The Morgan fingerprint density at radius 1 is 1.19 bits per heavy atom. The second-order valence-electron chi connectivity index (χ2n) is 4.38. The molecule has 0 aliphatic carbocycles. The molecule has 0 radical (unpaired) electrons. The van der Waals surface area contributed by atoms with E-state index in [1.165, 1.54) is 7.11 Å². The van der Waals surface area contributed by atoms with E-state index in [9.17, 15) is 4.79 Å². The third-order valence-corrected chi connectivity index (χ3v) is 3.06. The van der Waals surface area contributed by atoms with E-state index in [1.807, 2.05) is 24.3 Å². The van der Waals surface area contributed by atoms with E-state index in [4.69, 9.17) is 14.2 Å². The fourth-order valence-electron chi connectivity index (χ4n) is 2.01. The van der Waals surface area contributed by atoms with Gasteiger partial charge in [0.2, 0.25) is 6.79 Å². The summed E-state index contributed by atoms with van der Waals surface area (Å²) >= 11 is 0. The molecule has 0 saturated carbocycles. The minimum absolute atomic E-state index is 0.237. The number of para-hydroxylation sites is 1. The van der Waals surface area contributed by atoms with Crippen molar-refractivity contribution >= 4 is 17.9 Å². The van der Waals surface area contributed by atoms with Crippen LogP contribution in [-0.2, 0) is 4.74 Å². The van der Waals surface area contributed by atoms with Gasteiger partial charge in [-0.3, -0.25) is 4.99 Å². The Morgan fingerprint density at radius 2 is 2.00 bits per heavy atom. The van der Waals surface area contributed by atoms with Crippen LogP contribution in [0.3, 0.4) is 0 Å². The van der Waals surface area contributed by atoms with Crippen molar-refractivity contribution < 1.29 is 19.0 Å². The molecule has 0 amide bonds. The van der Waals surface area contributed by atoms with Crippen LogP contribution in [-0.4, -0.2) is 26.1 Å². The maximum atomic E-state index is 11.7. The van der Waals surface area contributed by atoms with Crippen molar-refractivity contribution in [1.82, 2.24) is 0 Å². The molecule has 1 heterocycles. The number of fused-ring (bicyclic) bond motifs is 1. The number of nitrogens with zero attached hydrogens (tertiary/aromatic N) is 1. The summed E-state index contributed by atoms with van der Waals surface area (Å²) in [7, 11) is 1.35. The summed E-state index contributed by atoms with van der Waals surface area (Å²) in [5, 5.41) is 0. The largest absolute Gasteiger partial charge is 0.465 e. The highest BCUT2D eigenvalue weighted by atomic mass is 16.7. The van der Waals surface area contributed by atoms with Crippen molar-refractivity contribution in [3.05, 3.63) is 53.6 Å². The Morgan fingerprint density at radius 3 is 2.86 bits per heavy atom. The molecule has 0 saturated heterocycles. The summed E-state index contributed by atoms with van der Waals surface area (Å²) in [5.41, 5.74) is 1.85. The third kappa shape index (κ3) is 2.72. The lowest BCUT2D eigenvalue weighted by Gasteiger charge is -2.03. The van der Waals surface area contributed by atoms with E-state index >= 15 is 0 Å². The normalized spacial score (nSPS) is 12.6. The Balaban J connectivity index is 1.88. The van der Waals surface area contributed by atoms with Gasteiger partial charge < -0.3 is 14.2 Å². The lowest BCUT2D eigenvalue weighted by Crippen LogP contribution is -2.01. The molecule has 2 aromatic rings. The summed E-state index contributed by atoms with van der Waals surface area (Å²) in [5.74, 6) is 1.01. The van der Waals surface area contributed by atoms with Crippen LogP contribution in [0.1, 0.15) is 15.9 Å². The van der Waals surface area contributed by atoms with Gasteiger partial charge in [-0.05, 0) is 35.9 Å². The van der Waals surface area contributed by atoms with Gasteiger partial charge in [0.05, 0.1) is 18.4 Å². The number of aliphatic imine (C=N–C) groups is 1. The summed E-state index contributed by atoms with van der Waals surface area (Å²) in [6.45, 7) is 0.237. The van der Waals surface area contributed by atoms with Crippen molar-refractivity contribution in [1.29, 1.82) is 0 Å². The molecule has 21 heavy (non-hydrogen) atoms. The van der Waals surface area contributed by atoms with Gasteiger partial charge in [0, 0.05) is 6.21 Å². The number of ether oxygens (including phenoxy) is 3. The molecular weight excluding hydrogens is 270 g/mol. The molecule has 0 fully saturated rings. The highest BCUT2D eigenvalue weighted by molar-refractivity contribution is 5.96. The maximum absolute atomic E-state index is 11.7. The monoisotopic (exact) mass is 283 g/mol. The fraction of sp³-hybridized carbons (Fsp3) is 0.125. The Hall–Kier alpha value is -2.82. The Bertz CT molecular complexity index is 709. The molecule has 0 N–H and O–H groups in total. The molecule has 0 unspecified atom stereocenters. The Labute approximate surface area is 121 Å². The topological polar surface area (TPSA) is 57.1 Å².